The van der Waals surface area contributed by atoms with Crippen molar-refractivity contribution in [1.82, 2.24) is 10.2 Å². The summed E-state index contributed by atoms with van der Waals surface area (Å²) in [6.45, 7) is 4.26. The van der Waals surface area contributed by atoms with E-state index in [-0.39, 0.29) is 56.8 Å². The number of unbranched alkanes of at least 4 members (excludes halogenated alkanes) is 2. The maximum absolute atomic E-state index is 12.3. The molecule has 0 aliphatic rings. The fourth-order valence-corrected chi connectivity index (χ4v) is 2.72. The number of esters is 1. The van der Waals surface area contributed by atoms with Gasteiger partial charge in [0, 0.05) is 19.5 Å². The molecule has 0 saturated carbocycles. The molecule has 1 aromatic rings. The average Bonchev–Trinajstić information content (AvgIpc) is 2.72. The van der Waals surface area contributed by atoms with E-state index in [4.69, 9.17) is 9.47 Å². The van der Waals surface area contributed by atoms with Crippen LogP contribution in [0.25, 0.3) is 0 Å². The van der Waals surface area contributed by atoms with Crippen LogP contribution in [0.15, 0.2) is 30.3 Å². The van der Waals surface area contributed by atoms with Crippen LogP contribution >= 0.6 is 0 Å². The monoisotopic (exact) mass is 420 g/mol. The number of amides is 2. The average molecular weight is 421 g/mol. The summed E-state index contributed by atoms with van der Waals surface area (Å²) in [7, 11) is 0. The van der Waals surface area contributed by atoms with E-state index >= 15 is 0 Å². The van der Waals surface area contributed by atoms with Gasteiger partial charge in [0.1, 0.15) is 12.4 Å². The standard InChI is InChI=1S/C22H32N2O6/c1-3-29-21(27)13-15-24(16-18(2)25)20(26)12-8-5-9-14-23-22(28)30-17-19-10-6-4-7-11-19/h4,6-7,10-11H,3,5,8-9,12-17H2,1-2H3,(H,23,28). The number of carbonyl (C=O) groups excluding carboxylic acids is 4. The van der Waals surface area contributed by atoms with Crippen molar-refractivity contribution in [3.63, 3.8) is 0 Å². The highest BCUT2D eigenvalue weighted by Gasteiger charge is 2.16. The molecule has 0 unspecified atom stereocenters. The minimum Gasteiger partial charge on any atom is -0.466 e. The lowest BCUT2D eigenvalue weighted by atomic mass is 10.1. The molecule has 0 fully saturated rings. The number of hydrogen-bond donors (Lipinski definition) is 1. The highest BCUT2D eigenvalue weighted by Crippen LogP contribution is 2.06. The molecule has 0 spiro atoms. The smallest absolute Gasteiger partial charge is 0.407 e. The first kappa shape index (κ1) is 25.1. The van der Waals surface area contributed by atoms with Gasteiger partial charge in [-0.15, -0.1) is 0 Å². The maximum Gasteiger partial charge on any atom is 0.407 e. The van der Waals surface area contributed by atoms with Gasteiger partial charge in [0.2, 0.25) is 5.91 Å². The molecule has 2 amide bonds. The van der Waals surface area contributed by atoms with E-state index in [1.807, 2.05) is 30.3 Å². The van der Waals surface area contributed by atoms with Gasteiger partial charge < -0.3 is 19.7 Å². The number of benzene rings is 1. The van der Waals surface area contributed by atoms with E-state index in [2.05, 4.69) is 5.32 Å². The molecule has 1 rings (SSSR count). The van der Waals surface area contributed by atoms with E-state index in [9.17, 15) is 19.2 Å². The second-order valence-electron chi connectivity index (χ2n) is 6.87. The Kier molecular flexibility index (Phi) is 12.6. The second-order valence-corrected chi connectivity index (χ2v) is 6.87. The van der Waals surface area contributed by atoms with Gasteiger partial charge in [0.25, 0.3) is 0 Å². The van der Waals surface area contributed by atoms with Gasteiger partial charge in [-0.1, -0.05) is 36.8 Å². The number of alkyl carbamates (subject to hydrolysis) is 1. The minimum atomic E-state index is -0.471. The summed E-state index contributed by atoms with van der Waals surface area (Å²) >= 11 is 0. The van der Waals surface area contributed by atoms with Gasteiger partial charge in [-0.3, -0.25) is 14.4 Å². The zero-order valence-electron chi connectivity index (χ0n) is 17.9. The van der Waals surface area contributed by atoms with Crippen molar-refractivity contribution in [3.05, 3.63) is 35.9 Å². The van der Waals surface area contributed by atoms with Crippen molar-refractivity contribution in [1.29, 1.82) is 0 Å². The van der Waals surface area contributed by atoms with Crippen LogP contribution in [0, 0.1) is 0 Å². The van der Waals surface area contributed by atoms with Crippen molar-refractivity contribution < 1.29 is 28.7 Å². The highest BCUT2D eigenvalue weighted by molar-refractivity contribution is 5.85. The number of carbonyl (C=O) groups is 4. The SMILES string of the molecule is CCOC(=O)CCN(CC(C)=O)C(=O)CCCCCNC(=O)OCc1ccccc1. The number of ether oxygens (including phenoxy) is 2. The lowest BCUT2D eigenvalue weighted by Crippen LogP contribution is -2.36. The second kappa shape index (κ2) is 15.0. The van der Waals surface area contributed by atoms with E-state index in [0.717, 1.165) is 12.0 Å². The number of rotatable bonds is 14. The summed E-state index contributed by atoms with van der Waals surface area (Å²) in [5, 5.41) is 2.68. The van der Waals surface area contributed by atoms with Crippen LogP contribution in [0.5, 0.6) is 0 Å². The predicted octanol–water partition coefficient (Wildman–Crippen LogP) is 2.84. The Bertz CT molecular complexity index is 677. The van der Waals surface area contributed by atoms with Gasteiger partial charge in [0.15, 0.2) is 0 Å². The molecule has 0 saturated heterocycles. The topological polar surface area (TPSA) is 102 Å². The quantitative estimate of drug-likeness (QED) is 0.367. The van der Waals surface area contributed by atoms with Crippen molar-refractivity contribution in [2.45, 2.75) is 52.6 Å². The van der Waals surface area contributed by atoms with Crippen LogP contribution in [0.1, 0.15) is 51.5 Å². The first-order chi connectivity index (χ1) is 14.4. The molecule has 0 atom stereocenters. The number of ketones is 1. The molecule has 1 N–H and O–H groups in total. The molecule has 0 bridgehead atoms. The van der Waals surface area contributed by atoms with E-state index in [1.54, 1.807) is 6.92 Å². The number of nitrogens with one attached hydrogen (secondary N) is 1. The molecular weight excluding hydrogens is 388 g/mol. The molecule has 0 aliphatic heterocycles. The van der Waals surface area contributed by atoms with Crippen LogP contribution in [0.3, 0.4) is 0 Å². The Morgan fingerprint density at radius 1 is 0.967 bits per heavy atom. The van der Waals surface area contributed by atoms with Crippen molar-refractivity contribution in [2.75, 3.05) is 26.2 Å². The normalized spacial score (nSPS) is 10.2. The van der Waals surface area contributed by atoms with Gasteiger partial charge >= 0.3 is 12.1 Å². The lowest BCUT2D eigenvalue weighted by molar-refractivity contribution is -0.144. The summed E-state index contributed by atoms with van der Waals surface area (Å²) in [6, 6.07) is 9.42. The Labute approximate surface area is 177 Å². The van der Waals surface area contributed by atoms with Crippen LogP contribution in [-0.4, -0.2) is 54.9 Å². The fourth-order valence-electron chi connectivity index (χ4n) is 2.72. The van der Waals surface area contributed by atoms with E-state index < -0.39 is 6.09 Å². The van der Waals surface area contributed by atoms with Crippen molar-refractivity contribution in [2.24, 2.45) is 0 Å². The first-order valence-electron chi connectivity index (χ1n) is 10.3. The third kappa shape index (κ3) is 11.8. The minimum absolute atomic E-state index is 0.00690. The van der Waals surface area contributed by atoms with Gasteiger partial charge in [-0.25, -0.2) is 4.79 Å². The zero-order valence-corrected chi connectivity index (χ0v) is 17.9. The maximum atomic E-state index is 12.3. The number of nitrogens with zero attached hydrogens (tertiary/aromatic N) is 1. The Hall–Kier alpha value is -2.90. The summed E-state index contributed by atoms with van der Waals surface area (Å²) in [5.41, 5.74) is 0.921. The zero-order chi connectivity index (χ0) is 22.2. The molecule has 8 nitrogen and oxygen atoms in total. The highest BCUT2D eigenvalue weighted by atomic mass is 16.5. The van der Waals surface area contributed by atoms with Crippen LogP contribution in [0.4, 0.5) is 4.79 Å². The molecular formula is C22H32N2O6. The van der Waals surface area contributed by atoms with Gasteiger partial charge in [-0.2, -0.15) is 0 Å². The summed E-state index contributed by atoms with van der Waals surface area (Å²) < 4.78 is 9.98. The number of Topliss-reactive ketones (excluding diaryl/α,β-unsaturated/α-hetero) is 1. The molecule has 0 heterocycles. The fraction of sp³-hybridized carbons (Fsp3) is 0.545. The summed E-state index contributed by atoms with van der Waals surface area (Å²) in [6.07, 6.45) is 1.98. The molecule has 0 radical (unpaired) electrons. The van der Waals surface area contributed by atoms with Crippen LogP contribution in [0.2, 0.25) is 0 Å². The first-order valence-corrected chi connectivity index (χ1v) is 10.3. The van der Waals surface area contributed by atoms with E-state index in [1.165, 1.54) is 11.8 Å². The summed E-state index contributed by atoms with van der Waals surface area (Å²) in [5.74, 6) is -0.681. The van der Waals surface area contributed by atoms with Crippen molar-refractivity contribution in [3.8, 4) is 0 Å². The molecule has 1 aromatic carbocycles. The third-order valence-electron chi connectivity index (χ3n) is 4.21. The van der Waals surface area contributed by atoms with E-state index in [0.29, 0.717) is 19.4 Å². The third-order valence-corrected chi connectivity index (χ3v) is 4.21. The largest absolute Gasteiger partial charge is 0.466 e. The lowest BCUT2D eigenvalue weighted by Gasteiger charge is -2.21. The van der Waals surface area contributed by atoms with Gasteiger partial charge in [0.05, 0.1) is 19.6 Å². The van der Waals surface area contributed by atoms with Gasteiger partial charge in [-0.05, 0) is 32.3 Å². The van der Waals surface area contributed by atoms with Crippen molar-refractivity contribution >= 4 is 23.8 Å². The molecule has 0 aromatic heterocycles. The number of hydrogen-bond acceptors (Lipinski definition) is 6. The van der Waals surface area contributed by atoms with Crippen LogP contribution in [-0.2, 0) is 30.5 Å². The molecule has 0 aliphatic carbocycles. The van der Waals surface area contributed by atoms with Crippen LogP contribution < -0.4 is 5.32 Å². The molecule has 8 heteroatoms. The Morgan fingerprint density at radius 3 is 2.37 bits per heavy atom. The predicted molar refractivity (Wildman–Crippen MR) is 112 cm³/mol. The Balaban J connectivity index is 2.18. The summed E-state index contributed by atoms with van der Waals surface area (Å²) in [4.78, 5) is 48.3. The molecule has 30 heavy (non-hydrogen) atoms. The molecule has 166 valence electrons. The Morgan fingerprint density at radius 2 is 1.70 bits per heavy atom.